The lowest BCUT2D eigenvalue weighted by Gasteiger charge is -2.15. The first-order valence-electron chi connectivity index (χ1n) is 5.21. The van der Waals surface area contributed by atoms with E-state index in [0.717, 1.165) is 15.6 Å². The minimum Gasteiger partial charge on any atom is -0.493 e. The van der Waals surface area contributed by atoms with Crippen molar-refractivity contribution in [2.24, 2.45) is 0 Å². The maximum atomic E-state index is 5.76. The molecule has 2 aromatic rings. The van der Waals surface area contributed by atoms with Gasteiger partial charge in [0.1, 0.15) is 0 Å². The van der Waals surface area contributed by atoms with E-state index < -0.39 is 0 Å². The summed E-state index contributed by atoms with van der Waals surface area (Å²) in [5.41, 5.74) is 8.20. The SMILES string of the molecule is COc1cc(C)c(Br)c(-c2cnoc2N)c1OC. The van der Waals surface area contributed by atoms with E-state index in [1.54, 1.807) is 20.4 Å². The van der Waals surface area contributed by atoms with E-state index in [1.807, 2.05) is 13.0 Å². The van der Waals surface area contributed by atoms with E-state index in [1.165, 1.54) is 0 Å². The average Bonchev–Trinajstić information content (AvgIpc) is 2.78. The predicted molar refractivity (Wildman–Crippen MR) is 71.9 cm³/mol. The lowest BCUT2D eigenvalue weighted by atomic mass is 10.0. The molecule has 0 fully saturated rings. The zero-order valence-electron chi connectivity index (χ0n) is 10.3. The van der Waals surface area contributed by atoms with Crippen LogP contribution in [0.2, 0.25) is 0 Å². The molecule has 6 heteroatoms. The summed E-state index contributed by atoms with van der Waals surface area (Å²) in [6.07, 6.45) is 1.55. The molecule has 1 aromatic carbocycles. The Morgan fingerprint density at radius 3 is 2.56 bits per heavy atom. The van der Waals surface area contributed by atoms with Crippen LogP contribution in [0.5, 0.6) is 11.5 Å². The van der Waals surface area contributed by atoms with Crippen LogP contribution in [0, 0.1) is 6.92 Å². The van der Waals surface area contributed by atoms with Crippen LogP contribution in [0.4, 0.5) is 5.88 Å². The summed E-state index contributed by atoms with van der Waals surface area (Å²) in [5.74, 6) is 1.46. The molecular weight excluding hydrogens is 300 g/mol. The summed E-state index contributed by atoms with van der Waals surface area (Å²) in [7, 11) is 3.17. The number of benzene rings is 1. The van der Waals surface area contributed by atoms with Crippen LogP contribution in [0.15, 0.2) is 21.3 Å². The van der Waals surface area contributed by atoms with Gasteiger partial charge in [-0.3, -0.25) is 0 Å². The number of hydrogen-bond acceptors (Lipinski definition) is 5. The van der Waals surface area contributed by atoms with Crippen molar-refractivity contribution in [1.82, 2.24) is 5.16 Å². The predicted octanol–water partition coefficient (Wildman–Crippen LogP) is 3.01. The Labute approximate surface area is 113 Å². The smallest absolute Gasteiger partial charge is 0.230 e. The lowest BCUT2D eigenvalue weighted by Crippen LogP contribution is -1.97. The van der Waals surface area contributed by atoms with Crippen molar-refractivity contribution >= 4 is 21.8 Å². The lowest BCUT2D eigenvalue weighted by molar-refractivity contribution is 0.355. The second-order valence-electron chi connectivity index (χ2n) is 3.72. The minimum atomic E-state index is 0.238. The standard InChI is InChI=1S/C12H13BrN2O3/c1-6-4-8(16-2)11(17-3)9(10(6)13)7-5-15-18-12(7)14/h4-5H,14H2,1-3H3. The number of anilines is 1. The molecule has 0 unspecified atom stereocenters. The zero-order chi connectivity index (χ0) is 13.3. The number of hydrogen-bond donors (Lipinski definition) is 1. The number of aryl methyl sites for hydroxylation is 1. The molecule has 0 saturated carbocycles. The molecule has 0 spiro atoms. The number of nitrogen functional groups attached to an aromatic ring is 1. The molecule has 0 aliphatic carbocycles. The van der Waals surface area contributed by atoms with Gasteiger partial charge in [-0.15, -0.1) is 0 Å². The van der Waals surface area contributed by atoms with Gasteiger partial charge in [0.2, 0.25) is 5.88 Å². The van der Waals surface area contributed by atoms with Gasteiger partial charge in [0, 0.05) is 10.0 Å². The summed E-state index contributed by atoms with van der Waals surface area (Å²) < 4.78 is 16.5. The van der Waals surface area contributed by atoms with Gasteiger partial charge in [0.05, 0.1) is 26.0 Å². The summed E-state index contributed by atoms with van der Waals surface area (Å²) in [4.78, 5) is 0. The van der Waals surface area contributed by atoms with Gasteiger partial charge in [0.25, 0.3) is 0 Å². The van der Waals surface area contributed by atoms with Crippen LogP contribution in [0.25, 0.3) is 11.1 Å². The summed E-state index contributed by atoms with van der Waals surface area (Å²) in [5, 5.41) is 3.68. The molecule has 0 saturated heterocycles. The molecule has 0 aliphatic rings. The third kappa shape index (κ3) is 1.92. The molecule has 5 nitrogen and oxygen atoms in total. The molecule has 96 valence electrons. The molecule has 0 aliphatic heterocycles. The van der Waals surface area contributed by atoms with Gasteiger partial charge in [0.15, 0.2) is 11.5 Å². The van der Waals surface area contributed by atoms with Crippen LogP contribution in [0.3, 0.4) is 0 Å². The monoisotopic (exact) mass is 312 g/mol. The van der Waals surface area contributed by atoms with E-state index in [2.05, 4.69) is 21.1 Å². The normalized spacial score (nSPS) is 10.4. The van der Waals surface area contributed by atoms with Crippen molar-refractivity contribution in [2.45, 2.75) is 6.92 Å². The van der Waals surface area contributed by atoms with Gasteiger partial charge in [-0.2, -0.15) is 0 Å². The largest absolute Gasteiger partial charge is 0.493 e. The fourth-order valence-electron chi connectivity index (χ4n) is 1.78. The number of methoxy groups -OCH3 is 2. The molecule has 1 heterocycles. The van der Waals surface area contributed by atoms with E-state index in [4.69, 9.17) is 19.7 Å². The molecular formula is C12H13BrN2O3. The van der Waals surface area contributed by atoms with E-state index in [0.29, 0.717) is 17.1 Å². The van der Waals surface area contributed by atoms with Crippen LogP contribution >= 0.6 is 15.9 Å². The second kappa shape index (κ2) is 4.89. The minimum absolute atomic E-state index is 0.238. The average molecular weight is 313 g/mol. The maximum Gasteiger partial charge on any atom is 0.230 e. The molecule has 2 rings (SSSR count). The van der Waals surface area contributed by atoms with Crippen molar-refractivity contribution < 1.29 is 14.0 Å². The summed E-state index contributed by atoms with van der Waals surface area (Å²) in [6, 6.07) is 1.89. The second-order valence-corrected chi connectivity index (χ2v) is 4.51. The number of ether oxygens (including phenoxy) is 2. The number of nitrogens with two attached hydrogens (primary N) is 1. The highest BCUT2D eigenvalue weighted by Crippen LogP contribution is 2.46. The quantitative estimate of drug-likeness (QED) is 0.943. The molecule has 0 atom stereocenters. The molecule has 2 N–H and O–H groups in total. The summed E-state index contributed by atoms with van der Waals surface area (Å²) in [6.45, 7) is 1.96. The number of halogens is 1. The molecule has 0 radical (unpaired) electrons. The van der Waals surface area contributed by atoms with Gasteiger partial charge < -0.3 is 19.7 Å². The van der Waals surface area contributed by atoms with Gasteiger partial charge >= 0.3 is 0 Å². The number of aromatic nitrogens is 1. The Morgan fingerprint density at radius 1 is 1.33 bits per heavy atom. The zero-order valence-corrected chi connectivity index (χ0v) is 11.9. The molecule has 1 aromatic heterocycles. The van der Waals surface area contributed by atoms with Crippen molar-refractivity contribution in [3.8, 4) is 22.6 Å². The third-order valence-corrected chi connectivity index (χ3v) is 3.68. The van der Waals surface area contributed by atoms with Crippen molar-refractivity contribution in [1.29, 1.82) is 0 Å². The van der Waals surface area contributed by atoms with Crippen molar-refractivity contribution in [3.63, 3.8) is 0 Å². The van der Waals surface area contributed by atoms with E-state index in [9.17, 15) is 0 Å². The van der Waals surface area contributed by atoms with Crippen molar-refractivity contribution in [3.05, 3.63) is 22.3 Å². The van der Waals surface area contributed by atoms with Gasteiger partial charge in [-0.1, -0.05) is 5.16 Å². The highest BCUT2D eigenvalue weighted by Gasteiger charge is 2.21. The van der Waals surface area contributed by atoms with E-state index in [-0.39, 0.29) is 5.88 Å². The maximum absolute atomic E-state index is 5.76. The van der Waals surface area contributed by atoms with Crippen LogP contribution in [-0.4, -0.2) is 19.4 Å². The first kappa shape index (κ1) is 12.8. The fourth-order valence-corrected chi connectivity index (χ4v) is 2.28. The molecule has 0 amide bonds. The number of nitrogens with zero attached hydrogens (tertiary/aromatic N) is 1. The van der Waals surface area contributed by atoms with Gasteiger partial charge in [-0.05, 0) is 34.5 Å². The molecule has 18 heavy (non-hydrogen) atoms. The van der Waals surface area contributed by atoms with Gasteiger partial charge in [-0.25, -0.2) is 0 Å². The Morgan fingerprint density at radius 2 is 2.06 bits per heavy atom. The highest BCUT2D eigenvalue weighted by atomic mass is 79.9. The Hall–Kier alpha value is -1.69. The Kier molecular flexibility index (Phi) is 3.47. The van der Waals surface area contributed by atoms with E-state index >= 15 is 0 Å². The fraction of sp³-hybridized carbons (Fsp3) is 0.250. The van der Waals surface area contributed by atoms with Crippen LogP contribution in [-0.2, 0) is 0 Å². The molecule has 0 bridgehead atoms. The third-order valence-electron chi connectivity index (χ3n) is 2.66. The summed E-state index contributed by atoms with van der Waals surface area (Å²) >= 11 is 3.53. The first-order valence-corrected chi connectivity index (χ1v) is 6.01. The Balaban J connectivity index is 2.79. The topological polar surface area (TPSA) is 70.5 Å². The van der Waals surface area contributed by atoms with Crippen LogP contribution < -0.4 is 15.2 Å². The Bertz CT molecular complexity index is 581. The first-order chi connectivity index (χ1) is 8.60. The number of rotatable bonds is 3. The highest BCUT2D eigenvalue weighted by molar-refractivity contribution is 9.10. The van der Waals surface area contributed by atoms with Crippen LogP contribution in [0.1, 0.15) is 5.56 Å². The van der Waals surface area contributed by atoms with Crippen molar-refractivity contribution in [2.75, 3.05) is 20.0 Å².